The van der Waals surface area contributed by atoms with Crippen LogP contribution in [0, 0.1) is 0 Å². The highest BCUT2D eigenvalue weighted by Gasteiger charge is 2.20. The molecule has 2 heteroatoms. The van der Waals surface area contributed by atoms with Crippen molar-refractivity contribution in [2.75, 3.05) is 0 Å². The van der Waals surface area contributed by atoms with E-state index in [1.807, 2.05) is 52.0 Å². The second kappa shape index (κ2) is 5.44. The summed E-state index contributed by atoms with van der Waals surface area (Å²) in [4.78, 5) is 0.925. The standard InChI is InChI=1S/C14H20OS/c1-5-6-8-12-9-7-10-13(11-12)16(15)14(2,3)4/h5-7,9-11H,8H2,1-4H3. The van der Waals surface area contributed by atoms with E-state index in [4.69, 9.17) is 0 Å². The van der Waals surface area contributed by atoms with E-state index in [2.05, 4.69) is 12.1 Å². The molecule has 1 unspecified atom stereocenters. The number of benzene rings is 1. The van der Waals surface area contributed by atoms with Gasteiger partial charge in [0.1, 0.15) is 0 Å². The van der Waals surface area contributed by atoms with Gasteiger partial charge in [-0.2, -0.15) is 0 Å². The Labute approximate surface area is 101 Å². The van der Waals surface area contributed by atoms with Crippen molar-refractivity contribution < 1.29 is 4.21 Å². The Morgan fingerprint density at radius 2 is 2.00 bits per heavy atom. The Kier molecular flexibility index (Phi) is 4.48. The van der Waals surface area contributed by atoms with Gasteiger partial charge in [-0.05, 0) is 51.8 Å². The summed E-state index contributed by atoms with van der Waals surface area (Å²) in [6.07, 6.45) is 5.05. The first-order valence-corrected chi connectivity index (χ1v) is 6.72. The molecule has 0 aromatic heterocycles. The van der Waals surface area contributed by atoms with E-state index in [1.165, 1.54) is 5.56 Å². The van der Waals surface area contributed by atoms with Gasteiger partial charge in [-0.15, -0.1) is 0 Å². The molecule has 0 bridgehead atoms. The minimum Gasteiger partial charge on any atom is -0.254 e. The monoisotopic (exact) mass is 236 g/mol. The Bertz CT molecular complexity index is 399. The Hall–Kier alpha value is -0.890. The highest BCUT2D eigenvalue weighted by molar-refractivity contribution is 7.86. The van der Waals surface area contributed by atoms with E-state index >= 15 is 0 Å². The van der Waals surface area contributed by atoms with E-state index in [9.17, 15) is 4.21 Å². The molecule has 1 atom stereocenters. The zero-order chi connectivity index (χ0) is 12.2. The summed E-state index contributed by atoms with van der Waals surface area (Å²) in [5.41, 5.74) is 1.22. The first-order valence-electron chi connectivity index (χ1n) is 5.57. The molecule has 0 aliphatic rings. The topological polar surface area (TPSA) is 17.1 Å². The van der Waals surface area contributed by atoms with Crippen molar-refractivity contribution in [1.29, 1.82) is 0 Å². The first-order chi connectivity index (χ1) is 7.45. The molecule has 0 saturated heterocycles. The number of hydrogen-bond donors (Lipinski definition) is 0. The predicted octanol–water partition coefficient (Wildman–Crippen LogP) is 3.71. The van der Waals surface area contributed by atoms with Crippen LogP contribution in [0.15, 0.2) is 41.3 Å². The minimum absolute atomic E-state index is 0.195. The normalized spacial score (nSPS) is 14.2. The molecule has 1 aromatic carbocycles. The smallest absolute Gasteiger partial charge is 0.0583 e. The average Bonchev–Trinajstić information content (AvgIpc) is 2.24. The van der Waals surface area contributed by atoms with Crippen LogP contribution in [0.5, 0.6) is 0 Å². The highest BCUT2D eigenvalue weighted by atomic mass is 32.2. The molecule has 1 aromatic rings. The van der Waals surface area contributed by atoms with Crippen LogP contribution in [0.4, 0.5) is 0 Å². The van der Waals surface area contributed by atoms with Crippen molar-refractivity contribution in [3.63, 3.8) is 0 Å². The van der Waals surface area contributed by atoms with Crippen molar-refractivity contribution in [1.82, 2.24) is 0 Å². The lowest BCUT2D eigenvalue weighted by atomic mass is 10.1. The van der Waals surface area contributed by atoms with Gasteiger partial charge < -0.3 is 0 Å². The first kappa shape index (κ1) is 13.2. The molecule has 0 saturated carbocycles. The fraction of sp³-hybridized carbons (Fsp3) is 0.429. The van der Waals surface area contributed by atoms with Crippen LogP contribution in [0.2, 0.25) is 0 Å². The van der Waals surface area contributed by atoms with Crippen molar-refractivity contribution in [2.45, 2.75) is 43.8 Å². The molecule has 0 heterocycles. The molecular weight excluding hydrogens is 216 g/mol. The van der Waals surface area contributed by atoms with Gasteiger partial charge in [-0.1, -0.05) is 24.3 Å². The average molecular weight is 236 g/mol. The third-order valence-electron chi connectivity index (χ3n) is 2.26. The lowest BCUT2D eigenvalue weighted by molar-refractivity contribution is 0.649. The molecule has 0 amide bonds. The second-order valence-corrected chi connectivity index (χ2v) is 7.04. The number of allylic oxidation sites excluding steroid dienone is 2. The quantitative estimate of drug-likeness (QED) is 0.731. The van der Waals surface area contributed by atoms with Crippen LogP contribution in [0.1, 0.15) is 33.3 Å². The Morgan fingerprint density at radius 1 is 1.31 bits per heavy atom. The van der Waals surface area contributed by atoms with Gasteiger partial charge in [0, 0.05) is 9.64 Å². The largest absolute Gasteiger partial charge is 0.254 e. The van der Waals surface area contributed by atoms with Crippen LogP contribution < -0.4 is 0 Å². The molecule has 0 radical (unpaired) electrons. The summed E-state index contributed by atoms with van der Waals surface area (Å²) < 4.78 is 12.0. The summed E-state index contributed by atoms with van der Waals surface area (Å²) in [6, 6.07) is 8.04. The van der Waals surface area contributed by atoms with Gasteiger partial charge in [-0.3, -0.25) is 4.21 Å². The van der Waals surface area contributed by atoms with Crippen molar-refractivity contribution in [3.8, 4) is 0 Å². The van der Waals surface area contributed by atoms with Gasteiger partial charge in [0.05, 0.1) is 10.8 Å². The SMILES string of the molecule is CC=CCc1cccc(S(=O)C(C)(C)C)c1. The zero-order valence-corrected chi connectivity index (χ0v) is 11.3. The van der Waals surface area contributed by atoms with Gasteiger partial charge >= 0.3 is 0 Å². The highest BCUT2D eigenvalue weighted by Crippen LogP contribution is 2.21. The molecule has 16 heavy (non-hydrogen) atoms. The lowest BCUT2D eigenvalue weighted by Crippen LogP contribution is -2.21. The maximum Gasteiger partial charge on any atom is 0.0583 e. The van der Waals surface area contributed by atoms with E-state index in [-0.39, 0.29) is 4.75 Å². The number of rotatable bonds is 3. The molecule has 0 aliphatic carbocycles. The van der Waals surface area contributed by atoms with Crippen LogP contribution in [0.25, 0.3) is 0 Å². The fourth-order valence-electron chi connectivity index (χ4n) is 1.40. The van der Waals surface area contributed by atoms with E-state index < -0.39 is 10.8 Å². The summed E-state index contributed by atoms with van der Waals surface area (Å²) in [7, 11) is -0.941. The third kappa shape index (κ3) is 3.60. The molecule has 0 N–H and O–H groups in total. The van der Waals surface area contributed by atoms with Crippen LogP contribution in [-0.4, -0.2) is 8.96 Å². The maximum absolute atomic E-state index is 12.2. The predicted molar refractivity (Wildman–Crippen MR) is 71.1 cm³/mol. The minimum atomic E-state index is -0.941. The van der Waals surface area contributed by atoms with Crippen molar-refractivity contribution in [3.05, 3.63) is 42.0 Å². The van der Waals surface area contributed by atoms with Gasteiger partial charge in [-0.25, -0.2) is 0 Å². The van der Waals surface area contributed by atoms with Gasteiger partial charge in [0.25, 0.3) is 0 Å². The molecule has 88 valence electrons. The van der Waals surface area contributed by atoms with Crippen LogP contribution in [0.3, 0.4) is 0 Å². The van der Waals surface area contributed by atoms with E-state index in [1.54, 1.807) is 0 Å². The van der Waals surface area contributed by atoms with Crippen LogP contribution >= 0.6 is 0 Å². The second-order valence-electron chi connectivity index (χ2n) is 4.80. The maximum atomic E-state index is 12.2. The lowest BCUT2D eigenvalue weighted by Gasteiger charge is -2.18. The van der Waals surface area contributed by atoms with E-state index in [0.717, 1.165) is 11.3 Å². The van der Waals surface area contributed by atoms with Crippen molar-refractivity contribution >= 4 is 10.8 Å². The van der Waals surface area contributed by atoms with Crippen molar-refractivity contribution in [2.24, 2.45) is 0 Å². The molecule has 1 rings (SSSR count). The van der Waals surface area contributed by atoms with E-state index in [0.29, 0.717) is 0 Å². The summed E-state index contributed by atoms with van der Waals surface area (Å²) >= 11 is 0. The molecule has 0 aliphatic heterocycles. The third-order valence-corrected chi connectivity index (χ3v) is 4.05. The molecular formula is C14H20OS. The van der Waals surface area contributed by atoms with Crippen LogP contribution in [-0.2, 0) is 17.2 Å². The number of hydrogen-bond acceptors (Lipinski definition) is 1. The molecule has 0 spiro atoms. The summed E-state index contributed by atoms with van der Waals surface area (Å²) in [6.45, 7) is 8.02. The summed E-state index contributed by atoms with van der Waals surface area (Å²) in [5.74, 6) is 0. The molecule has 1 nitrogen and oxygen atoms in total. The Balaban J connectivity index is 2.94. The fourth-order valence-corrected chi connectivity index (χ4v) is 2.56. The zero-order valence-electron chi connectivity index (χ0n) is 10.5. The molecule has 0 fully saturated rings. The summed E-state index contributed by atoms with van der Waals surface area (Å²) in [5, 5.41) is 0. The Morgan fingerprint density at radius 3 is 2.56 bits per heavy atom. The van der Waals surface area contributed by atoms with Gasteiger partial charge in [0.2, 0.25) is 0 Å². The van der Waals surface area contributed by atoms with Gasteiger partial charge in [0.15, 0.2) is 0 Å².